The Bertz CT molecular complexity index is 699. The molecule has 2 heterocycles. The first kappa shape index (κ1) is 15.2. The van der Waals surface area contributed by atoms with E-state index >= 15 is 0 Å². The number of nitrogens with one attached hydrogen (secondary N) is 1. The summed E-state index contributed by atoms with van der Waals surface area (Å²) in [5.74, 6) is 0.481. The third kappa shape index (κ3) is 3.08. The Balaban J connectivity index is 1.77. The number of fused-ring (bicyclic) bond motifs is 1. The van der Waals surface area contributed by atoms with Gasteiger partial charge in [0.25, 0.3) is 0 Å². The van der Waals surface area contributed by atoms with Gasteiger partial charge in [0, 0.05) is 29.6 Å². The van der Waals surface area contributed by atoms with Crippen molar-refractivity contribution in [3.63, 3.8) is 0 Å². The van der Waals surface area contributed by atoms with Crippen LogP contribution in [0.4, 0.5) is 5.82 Å². The van der Waals surface area contributed by atoms with E-state index in [0.717, 1.165) is 21.2 Å². The predicted octanol–water partition coefficient (Wildman–Crippen LogP) is 2.69. The molecule has 1 aliphatic heterocycles. The van der Waals surface area contributed by atoms with Gasteiger partial charge in [-0.25, -0.2) is 4.98 Å². The molecule has 0 aliphatic carbocycles. The standard InChI is InChI=1S/C16H18BrN3O2/c17-12-2-3-13-11(9-12)1-4-14(20-13)19-10-16(15(18)21)5-7-22-8-6-16/h1-4,9H,5-8,10H2,(H2,18,21)(H,19,20). The number of halogens is 1. The van der Waals surface area contributed by atoms with E-state index in [0.29, 0.717) is 32.6 Å². The molecule has 6 heteroatoms. The smallest absolute Gasteiger partial charge is 0.225 e. The van der Waals surface area contributed by atoms with Crippen LogP contribution >= 0.6 is 15.9 Å². The Morgan fingerprint density at radius 1 is 1.32 bits per heavy atom. The summed E-state index contributed by atoms with van der Waals surface area (Å²) >= 11 is 3.45. The highest BCUT2D eigenvalue weighted by molar-refractivity contribution is 9.10. The largest absolute Gasteiger partial charge is 0.381 e. The number of nitrogens with zero attached hydrogens (tertiary/aromatic N) is 1. The van der Waals surface area contributed by atoms with Gasteiger partial charge in [-0.05, 0) is 43.2 Å². The van der Waals surface area contributed by atoms with Crippen LogP contribution in [0.3, 0.4) is 0 Å². The molecule has 0 bridgehead atoms. The number of anilines is 1. The number of carbonyl (C=O) groups is 1. The fourth-order valence-corrected chi connectivity index (χ4v) is 3.11. The lowest BCUT2D eigenvalue weighted by Crippen LogP contribution is -2.46. The maximum absolute atomic E-state index is 11.8. The maximum Gasteiger partial charge on any atom is 0.225 e. The zero-order valence-corrected chi connectivity index (χ0v) is 13.7. The monoisotopic (exact) mass is 363 g/mol. The molecule has 1 fully saturated rings. The lowest BCUT2D eigenvalue weighted by atomic mass is 9.79. The van der Waals surface area contributed by atoms with E-state index in [4.69, 9.17) is 10.5 Å². The van der Waals surface area contributed by atoms with Gasteiger partial charge in [0.15, 0.2) is 0 Å². The first-order valence-corrected chi connectivity index (χ1v) is 8.06. The maximum atomic E-state index is 11.8. The highest BCUT2D eigenvalue weighted by Gasteiger charge is 2.38. The molecule has 3 rings (SSSR count). The van der Waals surface area contributed by atoms with Gasteiger partial charge in [-0.1, -0.05) is 15.9 Å². The van der Waals surface area contributed by atoms with Crippen molar-refractivity contribution in [1.82, 2.24) is 4.98 Å². The number of carbonyl (C=O) groups excluding carboxylic acids is 1. The normalized spacial score (nSPS) is 17.3. The zero-order chi connectivity index (χ0) is 15.6. The number of pyridine rings is 1. The molecule has 2 aromatic rings. The molecule has 1 aromatic carbocycles. The summed E-state index contributed by atoms with van der Waals surface area (Å²) in [4.78, 5) is 16.4. The minimum Gasteiger partial charge on any atom is -0.381 e. The first-order valence-electron chi connectivity index (χ1n) is 7.27. The van der Waals surface area contributed by atoms with Crippen molar-refractivity contribution in [2.45, 2.75) is 12.8 Å². The molecule has 0 radical (unpaired) electrons. The minimum atomic E-state index is -0.547. The van der Waals surface area contributed by atoms with Crippen LogP contribution in [0.5, 0.6) is 0 Å². The van der Waals surface area contributed by atoms with Crippen molar-refractivity contribution >= 4 is 38.6 Å². The van der Waals surface area contributed by atoms with Crippen LogP contribution in [0.1, 0.15) is 12.8 Å². The van der Waals surface area contributed by atoms with Gasteiger partial charge in [-0.2, -0.15) is 0 Å². The second-order valence-corrected chi connectivity index (χ2v) is 6.56. The Hall–Kier alpha value is -1.66. The van der Waals surface area contributed by atoms with Crippen LogP contribution in [0, 0.1) is 5.41 Å². The fourth-order valence-electron chi connectivity index (χ4n) is 2.73. The number of aromatic nitrogens is 1. The molecule has 1 amide bonds. The summed E-state index contributed by atoms with van der Waals surface area (Å²) in [7, 11) is 0. The third-order valence-electron chi connectivity index (χ3n) is 4.23. The number of hydrogen-bond donors (Lipinski definition) is 2. The van der Waals surface area contributed by atoms with Crippen molar-refractivity contribution in [3.05, 3.63) is 34.8 Å². The Morgan fingerprint density at radius 2 is 2.09 bits per heavy atom. The summed E-state index contributed by atoms with van der Waals surface area (Å²) < 4.78 is 6.37. The van der Waals surface area contributed by atoms with Gasteiger partial charge in [-0.3, -0.25) is 4.79 Å². The van der Waals surface area contributed by atoms with Crippen molar-refractivity contribution in [1.29, 1.82) is 0 Å². The Morgan fingerprint density at radius 3 is 2.82 bits per heavy atom. The molecule has 0 saturated carbocycles. The fraction of sp³-hybridized carbons (Fsp3) is 0.375. The third-order valence-corrected chi connectivity index (χ3v) is 4.72. The van der Waals surface area contributed by atoms with Crippen molar-refractivity contribution < 1.29 is 9.53 Å². The van der Waals surface area contributed by atoms with E-state index in [1.54, 1.807) is 0 Å². The average molecular weight is 364 g/mol. The summed E-state index contributed by atoms with van der Waals surface area (Å²) in [5, 5.41) is 4.33. The van der Waals surface area contributed by atoms with Crippen LogP contribution in [0.25, 0.3) is 10.9 Å². The highest BCUT2D eigenvalue weighted by atomic mass is 79.9. The average Bonchev–Trinajstić information content (AvgIpc) is 2.53. The second-order valence-electron chi connectivity index (χ2n) is 5.64. The molecule has 3 N–H and O–H groups in total. The summed E-state index contributed by atoms with van der Waals surface area (Å²) in [6.07, 6.45) is 1.30. The molecule has 0 spiro atoms. The molecule has 1 aliphatic rings. The number of amides is 1. The lowest BCUT2D eigenvalue weighted by molar-refractivity contribution is -0.132. The Labute approximate surface area is 137 Å². The number of ether oxygens (including phenoxy) is 1. The van der Waals surface area contributed by atoms with E-state index in [1.165, 1.54) is 0 Å². The lowest BCUT2D eigenvalue weighted by Gasteiger charge is -2.34. The minimum absolute atomic E-state index is 0.270. The SMILES string of the molecule is NC(=O)C1(CNc2ccc3cc(Br)ccc3n2)CCOCC1. The molecule has 116 valence electrons. The topological polar surface area (TPSA) is 77.2 Å². The number of rotatable bonds is 4. The van der Waals surface area contributed by atoms with Gasteiger partial charge in [0.1, 0.15) is 5.82 Å². The molecule has 5 nitrogen and oxygen atoms in total. The molecular formula is C16H18BrN3O2. The van der Waals surface area contributed by atoms with Gasteiger partial charge in [0.2, 0.25) is 5.91 Å². The van der Waals surface area contributed by atoms with E-state index in [9.17, 15) is 4.79 Å². The zero-order valence-electron chi connectivity index (χ0n) is 12.1. The Kier molecular flexibility index (Phi) is 4.31. The summed E-state index contributed by atoms with van der Waals surface area (Å²) in [5.41, 5.74) is 5.98. The number of primary amides is 1. The van der Waals surface area contributed by atoms with Crippen molar-refractivity contribution in [2.75, 3.05) is 25.1 Å². The summed E-state index contributed by atoms with van der Waals surface area (Å²) in [6.45, 7) is 1.63. The molecule has 22 heavy (non-hydrogen) atoms. The first-order chi connectivity index (χ1) is 10.6. The van der Waals surface area contributed by atoms with E-state index in [-0.39, 0.29) is 5.91 Å². The van der Waals surface area contributed by atoms with Gasteiger partial charge >= 0.3 is 0 Å². The van der Waals surface area contributed by atoms with E-state index in [1.807, 2.05) is 30.3 Å². The van der Waals surface area contributed by atoms with Crippen LogP contribution in [0.15, 0.2) is 34.8 Å². The van der Waals surface area contributed by atoms with Crippen molar-refractivity contribution in [2.24, 2.45) is 11.1 Å². The van der Waals surface area contributed by atoms with Crippen molar-refractivity contribution in [3.8, 4) is 0 Å². The van der Waals surface area contributed by atoms with E-state index in [2.05, 4.69) is 26.2 Å². The summed E-state index contributed by atoms with van der Waals surface area (Å²) in [6, 6.07) is 9.88. The highest BCUT2D eigenvalue weighted by Crippen LogP contribution is 2.30. The van der Waals surface area contributed by atoms with Crippen LogP contribution in [0.2, 0.25) is 0 Å². The number of benzene rings is 1. The quantitative estimate of drug-likeness (QED) is 0.875. The predicted molar refractivity (Wildman–Crippen MR) is 89.6 cm³/mol. The molecular weight excluding hydrogens is 346 g/mol. The van der Waals surface area contributed by atoms with E-state index < -0.39 is 5.41 Å². The molecule has 0 unspecified atom stereocenters. The second kappa shape index (κ2) is 6.22. The molecule has 1 aromatic heterocycles. The van der Waals surface area contributed by atoms with Gasteiger partial charge < -0.3 is 15.8 Å². The van der Waals surface area contributed by atoms with Crippen LogP contribution in [-0.2, 0) is 9.53 Å². The molecule has 1 saturated heterocycles. The number of hydrogen-bond acceptors (Lipinski definition) is 4. The van der Waals surface area contributed by atoms with Gasteiger partial charge in [0.05, 0.1) is 10.9 Å². The van der Waals surface area contributed by atoms with Crippen LogP contribution in [-0.4, -0.2) is 30.6 Å². The van der Waals surface area contributed by atoms with Crippen LogP contribution < -0.4 is 11.1 Å². The number of nitrogens with two attached hydrogens (primary N) is 1. The van der Waals surface area contributed by atoms with Gasteiger partial charge in [-0.15, -0.1) is 0 Å². The molecule has 0 atom stereocenters.